The maximum Gasteiger partial charge on any atom is 0.191 e. The number of anilines is 2. The second kappa shape index (κ2) is 12.1. The van der Waals surface area contributed by atoms with E-state index in [9.17, 15) is 0 Å². The van der Waals surface area contributed by atoms with Crippen LogP contribution in [-0.4, -0.2) is 50.2 Å². The van der Waals surface area contributed by atoms with E-state index >= 15 is 0 Å². The second-order valence-corrected chi connectivity index (χ2v) is 8.26. The molecular weight excluding hydrogens is 499 g/mol. The van der Waals surface area contributed by atoms with Crippen LogP contribution in [0.25, 0.3) is 0 Å². The number of pyridine rings is 1. The SMILES string of the molecule is CN=C(NCc1ccc(N2CCCCCC2)nc1)NC1CCN(c2ccccc2)C1.I. The summed E-state index contributed by atoms with van der Waals surface area (Å²) in [6, 6.07) is 15.4. The number of aromatic nitrogens is 1. The Labute approximate surface area is 203 Å². The smallest absolute Gasteiger partial charge is 0.191 e. The zero-order chi connectivity index (χ0) is 20.6. The Morgan fingerprint density at radius 2 is 1.77 bits per heavy atom. The van der Waals surface area contributed by atoms with Crippen LogP contribution in [0, 0.1) is 0 Å². The van der Waals surface area contributed by atoms with Gasteiger partial charge in [0.2, 0.25) is 0 Å². The lowest BCUT2D eigenvalue weighted by atomic mass is 10.2. The number of nitrogens with one attached hydrogen (secondary N) is 2. The fourth-order valence-electron chi connectivity index (χ4n) is 4.33. The molecule has 6 nitrogen and oxygen atoms in total. The number of hydrogen-bond acceptors (Lipinski definition) is 4. The normalized spacial score (nSPS) is 19.5. The van der Waals surface area contributed by atoms with E-state index in [4.69, 9.17) is 4.98 Å². The fraction of sp³-hybridized carbons (Fsp3) is 0.500. The highest BCUT2D eigenvalue weighted by atomic mass is 127. The molecule has 2 fully saturated rings. The minimum absolute atomic E-state index is 0. The van der Waals surface area contributed by atoms with Crippen molar-refractivity contribution in [3.05, 3.63) is 54.2 Å². The summed E-state index contributed by atoms with van der Waals surface area (Å²) in [4.78, 5) is 14.0. The maximum absolute atomic E-state index is 4.71. The summed E-state index contributed by atoms with van der Waals surface area (Å²) in [6.45, 7) is 5.05. The van der Waals surface area contributed by atoms with E-state index in [1.807, 2.05) is 13.2 Å². The van der Waals surface area contributed by atoms with E-state index < -0.39 is 0 Å². The predicted octanol–water partition coefficient (Wildman–Crippen LogP) is 4.02. The lowest BCUT2D eigenvalue weighted by Crippen LogP contribution is -2.44. The third kappa shape index (κ3) is 6.72. The van der Waals surface area contributed by atoms with Crippen molar-refractivity contribution >= 4 is 41.4 Å². The first-order chi connectivity index (χ1) is 14.8. The molecule has 168 valence electrons. The van der Waals surface area contributed by atoms with E-state index in [0.717, 1.165) is 50.9 Å². The molecule has 1 unspecified atom stereocenters. The molecule has 2 aromatic rings. The van der Waals surface area contributed by atoms with Gasteiger partial charge in [0.25, 0.3) is 0 Å². The molecule has 2 aliphatic heterocycles. The van der Waals surface area contributed by atoms with Gasteiger partial charge in [-0.1, -0.05) is 37.1 Å². The lowest BCUT2D eigenvalue weighted by Gasteiger charge is -2.22. The number of hydrogen-bond donors (Lipinski definition) is 2. The van der Waals surface area contributed by atoms with Crippen LogP contribution in [0.2, 0.25) is 0 Å². The summed E-state index contributed by atoms with van der Waals surface area (Å²) in [7, 11) is 1.83. The Bertz CT molecular complexity index is 803. The van der Waals surface area contributed by atoms with Crippen LogP contribution in [0.15, 0.2) is 53.7 Å². The van der Waals surface area contributed by atoms with Gasteiger partial charge in [-0.05, 0) is 43.0 Å². The molecule has 1 aromatic heterocycles. The first-order valence-corrected chi connectivity index (χ1v) is 11.3. The van der Waals surface area contributed by atoms with Gasteiger partial charge >= 0.3 is 0 Å². The summed E-state index contributed by atoms with van der Waals surface area (Å²) in [5.74, 6) is 1.96. The molecule has 0 saturated carbocycles. The molecule has 2 aliphatic rings. The van der Waals surface area contributed by atoms with Gasteiger partial charge in [0.05, 0.1) is 0 Å². The Hall–Kier alpha value is -2.03. The van der Waals surface area contributed by atoms with Crippen molar-refractivity contribution in [1.82, 2.24) is 15.6 Å². The molecule has 1 aromatic carbocycles. The van der Waals surface area contributed by atoms with Crippen molar-refractivity contribution in [3.63, 3.8) is 0 Å². The number of para-hydroxylation sites is 1. The minimum atomic E-state index is 0. The third-order valence-corrected chi connectivity index (χ3v) is 6.07. The molecule has 3 heterocycles. The third-order valence-electron chi connectivity index (χ3n) is 6.07. The van der Waals surface area contributed by atoms with Gasteiger partial charge in [-0.3, -0.25) is 4.99 Å². The molecule has 0 amide bonds. The number of benzene rings is 1. The number of aliphatic imine (C=N–C) groups is 1. The summed E-state index contributed by atoms with van der Waals surface area (Å²) >= 11 is 0. The summed E-state index contributed by atoms with van der Waals surface area (Å²) in [6.07, 6.45) is 8.34. The topological polar surface area (TPSA) is 55.8 Å². The molecule has 0 spiro atoms. The van der Waals surface area contributed by atoms with E-state index in [1.54, 1.807) is 0 Å². The molecular formula is C24H35IN6. The first-order valence-electron chi connectivity index (χ1n) is 11.3. The number of halogens is 1. The Kier molecular flexibility index (Phi) is 9.24. The van der Waals surface area contributed by atoms with E-state index in [-0.39, 0.29) is 24.0 Å². The van der Waals surface area contributed by atoms with Crippen molar-refractivity contribution in [2.75, 3.05) is 43.0 Å². The lowest BCUT2D eigenvalue weighted by molar-refractivity contribution is 0.648. The molecule has 0 radical (unpaired) electrons. The van der Waals surface area contributed by atoms with Crippen LogP contribution in [0.3, 0.4) is 0 Å². The first kappa shape index (κ1) is 23.6. The van der Waals surface area contributed by atoms with Crippen LogP contribution in [-0.2, 0) is 6.54 Å². The van der Waals surface area contributed by atoms with Gasteiger partial charge in [-0.2, -0.15) is 0 Å². The van der Waals surface area contributed by atoms with Crippen molar-refractivity contribution < 1.29 is 0 Å². The van der Waals surface area contributed by atoms with Gasteiger partial charge in [0, 0.05) is 57.7 Å². The highest BCUT2D eigenvalue weighted by Crippen LogP contribution is 2.20. The second-order valence-electron chi connectivity index (χ2n) is 8.26. The van der Waals surface area contributed by atoms with E-state index in [2.05, 4.69) is 67.9 Å². The molecule has 1 atom stereocenters. The van der Waals surface area contributed by atoms with Crippen LogP contribution in [0.5, 0.6) is 0 Å². The monoisotopic (exact) mass is 534 g/mol. The largest absolute Gasteiger partial charge is 0.369 e. The Morgan fingerprint density at radius 1 is 1.00 bits per heavy atom. The standard InChI is InChI=1S/C24H34N6.HI/c1-25-24(28-21-13-16-30(19-21)22-9-5-4-6-10-22)27-18-20-11-12-23(26-17-20)29-14-7-2-3-8-15-29;/h4-6,9-12,17,21H,2-3,7-8,13-16,18-19H2,1H3,(H2,25,27,28);1H. The van der Waals surface area contributed by atoms with E-state index in [0.29, 0.717) is 6.04 Å². The average Bonchev–Trinajstić information content (AvgIpc) is 3.10. The molecule has 31 heavy (non-hydrogen) atoms. The average molecular weight is 534 g/mol. The zero-order valence-corrected chi connectivity index (χ0v) is 20.8. The van der Waals surface area contributed by atoms with Gasteiger partial charge in [0.15, 0.2) is 5.96 Å². The quantitative estimate of drug-likeness (QED) is 0.345. The van der Waals surface area contributed by atoms with Gasteiger partial charge < -0.3 is 20.4 Å². The summed E-state index contributed by atoms with van der Waals surface area (Å²) in [5.41, 5.74) is 2.47. The molecule has 4 rings (SSSR count). The predicted molar refractivity (Wildman–Crippen MR) is 141 cm³/mol. The van der Waals surface area contributed by atoms with Gasteiger partial charge in [-0.15, -0.1) is 24.0 Å². The summed E-state index contributed by atoms with van der Waals surface area (Å²) < 4.78 is 0. The molecule has 0 bridgehead atoms. The Morgan fingerprint density at radius 3 is 2.45 bits per heavy atom. The van der Waals surface area contributed by atoms with Crippen LogP contribution >= 0.6 is 24.0 Å². The van der Waals surface area contributed by atoms with E-state index in [1.165, 1.54) is 36.9 Å². The highest BCUT2D eigenvalue weighted by molar-refractivity contribution is 14.0. The van der Waals surface area contributed by atoms with Gasteiger partial charge in [0.1, 0.15) is 5.82 Å². The van der Waals surface area contributed by atoms with Gasteiger partial charge in [-0.25, -0.2) is 4.98 Å². The van der Waals surface area contributed by atoms with Crippen LogP contribution in [0.4, 0.5) is 11.5 Å². The summed E-state index contributed by atoms with van der Waals surface area (Å²) in [5, 5.41) is 7.02. The number of rotatable bonds is 5. The van der Waals surface area contributed by atoms with Crippen molar-refractivity contribution in [1.29, 1.82) is 0 Å². The van der Waals surface area contributed by atoms with Crippen LogP contribution in [0.1, 0.15) is 37.7 Å². The highest BCUT2D eigenvalue weighted by Gasteiger charge is 2.23. The molecule has 2 saturated heterocycles. The van der Waals surface area contributed by atoms with Crippen molar-refractivity contribution in [3.8, 4) is 0 Å². The van der Waals surface area contributed by atoms with Crippen LogP contribution < -0.4 is 20.4 Å². The Balaban J connectivity index is 0.00000272. The molecule has 2 N–H and O–H groups in total. The zero-order valence-electron chi connectivity index (χ0n) is 18.5. The fourth-order valence-corrected chi connectivity index (χ4v) is 4.33. The van der Waals surface area contributed by atoms with Crippen molar-refractivity contribution in [2.45, 2.75) is 44.7 Å². The number of nitrogens with zero attached hydrogens (tertiary/aromatic N) is 4. The maximum atomic E-state index is 4.71. The molecule has 0 aliphatic carbocycles. The molecule has 7 heteroatoms. The minimum Gasteiger partial charge on any atom is -0.369 e. The number of guanidine groups is 1. The van der Waals surface area contributed by atoms with Crippen molar-refractivity contribution in [2.24, 2.45) is 4.99 Å².